The van der Waals surface area contributed by atoms with Crippen molar-refractivity contribution in [2.45, 2.75) is 43.4 Å². The molecule has 14 nitrogen and oxygen atoms in total. The van der Waals surface area contributed by atoms with Gasteiger partial charge in [0.2, 0.25) is 6.29 Å². The molecule has 0 spiro atoms. The van der Waals surface area contributed by atoms with Gasteiger partial charge in [0.05, 0.1) is 37.7 Å². The largest absolute Gasteiger partial charge is 0.504 e. The number of esters is 2. The zero-order valence-corrected chi connectivity index (χ0v) is 20.2. The van der Waals surface area contributed by atoms with E-state index in [0.29, 0.717) is 0 Å². The minimum atomic E-state index is -1.70. The summed E-state index contributed by atoms with van der Waals surface area (Å²) in [5.41, 5.74) is -0.181. The van der Waals surface area contributed by atoms with Crippen LogP contribution in [0.25, 0.3) is 0 Å². The molecular formula is C24H30O14. The SMILES string of the molecule is C=C[C@@H]1[C@@H](O[C@@H]2O[C@H](CO)[C@@H](O)[C@H](O)[C@H]2O)OC=C(C(=O)OC)[C@@H]1CCOC(=O)c1cc(O)c(O)c(O)c1. The van der Waals surface area contributed by atoms with Gasteiger partial charge in [-0.3, -0.25) is 0 Å². The molecule has 1 saturated heterocycles. The number of carbonyl (C=O) groups excluding carboxylic acids is 2. The zero-order valence-electron chi connectivity index (χ0n) is 20.2. The Morgan fingerprint density at radius 1 is 1.03 bits per heavy atom. The first-order valence-electron chi connectivity index (χ1n) is 11.5. The average Bonchev–Trinajstić information content (AvgIpc) is 2.91. The number of aromatic hydroxyl groups is 3. The summed E-state index contributed by atoms with van der Waals surface area (Å²) in [6.45, 7) is 2.80. The normalized spacial score (nSPS) is 31.0. The predicted molar refractivity (Wildman–Crippen MR) is 123 cm³/mol. The molecule has 8 atom stereocenters. The fourth-order valence-corrected chi connectivity index (χ4v) is 4.17. The van der Waals surface area contributed by atoms with E-state index in [4.69, 9.17) is 23.7 Å². The van der Waals surface area contributed by atoms with Crippen LogP contribution in [0.15, 0.2) is 36.6 Å². The summed E-state index contributed by atoms with van der Waals surface area (Å²) in [6, 6.07) is 1.81. The van der Waals surface area contributed by atoms with Crippen molar-refractivity contribution in [3.05, 3.63) is 42.2 Å². The molecule has 38 heavy (non-hydrogen) atoms. The van der Waals surface area contributed by atoms with Crippen LogP contribution < -0.4 is 0 Å². The first-order chi connectivity index (χ1) is 18.0. The maximum Gasteiger partial charge on any atom is 0.338 e. The Labute approximate surface area is 216 Å². The number of aliphatic hydroxyl groups is 4. The minimum absolute atomic E-state index is 0.0112. The van der Waals surface area contributed by atoms with Crippen molar-refractivity contribution in [3.8, 4) is 17.2 Å². The number of phenolic OH excluding ortho intramolecular Hbond substituents is 3. The lowest BCUT2D eigenvalue weighted by Crippen LogP contribution is -2.60. The molecule has 2 aliphatic heterocycles. The topological polar surface area (TPSA) is 222 Å². The number of carbonyl (C=O) groups is 2. The number of hydrogen-bond acceptors (Lipinski definition) is 14. The van der Waals surface area contributed by atoms with Crippen LogP contribution in [0.2, 0.25) is 0 Å². The van der Waals surface area contributed by atoms with Crippen molar-refractivity contribution in [3.63, 3.8) is 0 Å². The highest BCUT2D eigenvalue weighted by Crippen LogP contribution is 2.38. The van der Waals surface area contributed by atoms with Gasteiger partial charge >= 0.3 is 11.9 Å². The number of phenols is 3. The van der Waals surface area contributed by atoms with E-state index in [0.717, 1.165) is 25.5 Å². The molecule has 0 unspecified atom stereocenters. The second-order valence-electron chi connectivity index (χ2n) is 8.61. The van der Waals surface area contributed by atoms with Crippen molar-refractivity contribution in [2.24, 2.45) is 11.8 Å². The summed E-state index contributed by atoms with van der Waals surface area (Å²) in [5.74, 6) is -5.48. The number of rotatable bonds is 9. The Morgan fingerprint density at radius 3 is 2.26 bits per heavy atom. The highest BCUT2D eigenvalue weighted by atomic mass is 16.8. The second kappa shape index (κ2) is 12.4. The van der Waals surface area contributed by atoms with Gasteiger partial charge in [-0.15, -0.1) is 6.58 Å². The van der Waals surface area contributed by atoms with E-state index >= 15 is 0 Å². The molecule has 2 heterocycles. The van der Waals surface area contributed by atoms with E-state index in [1.807, 2.05) is 0 Å². The number of aliphatic hydroxyl groups excluding tert-OH is 4. The van der Waals surface area contributed by atoms with E-state index in [-0.39, 0.29) is 24.2 Å². The fraction of sp³-hybridized carbons (Fsp3) is 0.500. The molecule has 14 heteroatoms. The van der Waals surface area contributed by atoms with Crippen LogP contribution in [0, 0.1) is 11.8 Å². The monoisotopic (exact) mass is 542 g/mol. The lowest BCUT2D eigenvalue weighted by atomic mass is 9.82. The van der Waals surface area contributed by atoms with Gasteiger partial charge in [0.1, 0.15) is 24.4 Å². The summed E-state index contributed by atoms with van der Waals surface area (Å²) in [7, 11) is 1.16. The van der Waals surface area contributed by atoms with Crippen molar-refractivity contribution in [1.82, 2.24) is 0 Å². The van der Waals surface area contributed by atoms with Gasteiger partial charge < -0.3 is 59.4 Å². The molecule has 0 radical (unpaired) electrons. The summed E-state index contributed by atoms with van der Waals surface area (Å²) in [4.78, 5) is 24.8. The Hall–Kier alpha value is -3.40. The van der Waals surface area contributed by atoms with Gasteiger partial charge in [0.25, 0.3) is 0 Å². The maximum absolute atomic E-state index is 12.4. The summed E-state index contributed by atoms with van der Waals surface area (Å²) in [5, 5.41) is 68.4. The van der Waals surface area contributed by atoms with Crippen molar-refractivity contribution in [2.75, 3.05) is 20.3 Å². The third-order valence-electron chi connectivity index (χ3n) is 6.28. The Kier molecular flexibility index (Phi) is 9.54. The van der Waals surface area contributed by atoms with Crippen LogP contribution in [-0.4, -0.2) is 105 Å². The van der Waals surface area contributed by atoms with E-state index in [1.54, 1.807) is 0 Å². The first-order valence-corrected chi connectivity index (χ1v) is 11.5. The molecule has 210 valence electrons. The molecule has 0 aliphatic carbocycles. The van der Waals surface area contributed by atoms with Crippen LogP contribution in [0.1, 0.15) is 16.8 Å². The summed E-state index contributed by atoms with van der Waals surface area (Å²) in [6.07, 6.45) is -6.49. The molecule has 1 fully saturated rings. The molecule has 0 amide bonds. The Bertz CT molecular complexity index is 1030. The molecular weight excluding hydrogens is 512 g/mol. The van der Waals surface area contributed by atoms with Gasteiger partial charge in [-0.05, 0) is 18.6 Å². The molecule has 0 aromatic heterocycles. The lowest BCUT2D eigenvalue weighted by molar-refractivity contribution is -0.339. The van der Waals surface area contributed by atoms with Crippen molar-refractivity contribution in [1.29, 1.82) is 0 Å². The third-order valence-corrected chi connectivity index (χ3v) is 6.28. The lowest BCUT2D eigenvalue weighted by Gasteiger charge is -2.43. The highest BCUT2D eigenvalue weighted by molar-refractivity contribution is 5.91. The first kappa shape index (κ1) is 29.2. The highest BCUT2D eigenvalue weighted by Gasteiger charge is 2.47. The van der Waals surface area contributed by atoms with Gasteiger partial charge in [-0.25, -0.2) is 9.59 Å². The van der Waals surface area contributed by atoms with E-state index in [9.17, 15) is 45.3 Å². The van der Waals surface area contributed by atoms with Crippen LogP contribution >= 0.6 is 0 Å². The fourth-order valence-electron chi connectivity index (χ4n) is 4.17. The number of benzene rings is 1. The predicted octanol–water partition coefficient (Wildman–Crippen LogP) is -1.00. The number of methoxy groups -OCH3 is 1. The van der Waals surface area contributed by atoms with Crippen molar-refractivity contribution >= 4 is 11.9 Å². The van der Waals surface area contributed by atoms with Gasteiger partial charge in [0, 0.05) is 11.8 Å². The quantitative estimate of drug-likeness (QED) is 0.113. The molecule has 0 saturated carbocycles. The number of hydrogen-bond donors (Lipinski definition) is 7. The van der Waals surface area contributed by atoms with Gasteiger partial charge in [-0.1, -0.05) is 6.08 Å². The van der Waals surface area contributed by atoms with E-state index in [1.165, 1.54) is 6.08 Å². The van der Waals surface area contributed by atoms with E-state index in [2.05, 4.69) is 6.58 Å². The molecule has 3 rings (SSSR count). The maximum atomic E-state index is 12.4. The Morgan fingerprint density at radius 2 is 1.68 bits per heavy atom. The Balaban J connectivity index is 1.75. The molecule has 1 aromatic rings. The van der Waals surface area contributed by atoms with Crippen LogP contribution in [0.5, 0.6) is 17.2 Å². The second-order valence-corrected chi connectivity index (χ2v) is 8.61. The molecule has 0 bridgehead atoms. The van der Waals surface area contributed by atoms with Crippen LogP contribution in [0.3, 0.4) is 0 Å². The van der Waals surface area contributed by atoms with Gasteiger partial charge in [-0.2, -0.15) is 0 Å². The number of ether oxygens (including phenoxy) is 5. The average molecular weight is 542 g/mol. The van der Waals surface area contributed by atoms with E-state index < -0.39 is 84.6 Å². The summed E-state index contributed by atoms with van der Waals surface area (Å²) >= 11 is 0. The molecule has 7 N–H and O–H groups in total. The van der Waals surface area contributed by atoms with Crippen LogP contribution in [-0.2, 0) is 28.5 Å². The minimum Gasteiger partial charge on any atom is -0.504 e. The van der Waals surface area contributed by atoms with Gasteiger partial charge in [0.15, 0.2) is 23.5 Å². The smallest absolute Gasteiger partial charge is 0.338 e. The van der Waals surface area contributed by atoms with Crippen LogP contribution in [0.4, 0.5) is 0 Å². The molecule has 2 aliphatic rings. The third kappa shape index (κ3) is 6.01. The standard InChI is InChI=1S/C24H30O14/c1-3-11-12(4-5-35-21(32)10-6-14(26)17(28)15(27)7-10)13(22(33)34-2)9-36-23(11)38-24-20(31)19(30)18(29)16(8-25)37-24/h3,6-7,9,11-12,16,18-20,23-31H,1,4-5,8H2,2H3/t11-,12+,16+,18+,19-,20+,23+,24-/m0/s1. The van der Waals surface area contributed by atoms with Crippen molar-refractivity contribution < 1.29 is 69.0 Å². The summed E-state index contributed by atoms with van der Waals surface area (Å²) < 4.78 is 26.6. The molecule has 1 aromatic carbocycles. The zero-order chi connectivity index (χ0) is 28.1.